The predicted octanol–water partition coefficient (Wildman–Crippen LogP) is 1.36. The van der Waals surface area contributed by atoms with Gasteiger partial charge in [0.25, 0.3) is 0 Å². The Labute approximate surface area is 107 Å². The second kappa shape index (κ2) is 7.61. The van der Waals surface area contributed by atoms with Gasteiger partial charge in [0, 0.05) is 5.92 Å². The Morgan fingerprint density at radius 2 is 1.94 bits per heavy atom. The van der Waals surface area contributed by atoms with E-state index in [9.17, 15) is 9.59 Å². The van der Waals surface area contributed by atoms with Crippen molar-refractivity contribution in [3.8, 4) is 0 Å². The number of esters is 1. The van der Waals surface area contributed by atoms with Crippen LogP contribution in [0.1, 0.15) is 18.9 Å². The van der Waals surface area contributed by atoms with Gasteiger partial charge in [-0.2, -0.15) is 0 Å². The summed E-state index contributed by atoms with van der Waals surface area (Å²) in [6, 6.07) is 9.42. The second-order valence-corrected chi connectivity index (χ2v) is 4.02. The molecule has 18 heavy (non-hydrogen) atoms. The van der Waals surface area contributed by atoms with E-state index in [4.69, 9.17) is 9.84 Å². The zero-order valence-electron chi connectivity index (χ0n) is 10.5. The first-order chi connectivity index (χ1) is 8.67. The summed E-state index contributed by atoms with van der Waals surface area (Å²) >= 11 is 0. The van der Waals surface area contributed by atoms with E-state index in [-0.39, 0.29) is 12.2 Å². The molecule has 0 spiro atoms. The lowest BCUT2D eigenvalue weighted by atomic mass is 9.92. The molecule has 4 heteroatoms. The number of Topliss-reactive ketones (excluding diaryl/α,β-unsaturated/α-hetero) is 1. The summed E-state index contributed by atoms with van der Waals surface area (Å²) in [5.41, 5.74) is 0.966. The molecule has 1 aromatic rings. The number of ether oxygens (including phenoxy) is 1. The van der Waals surface area contributed by atoms with E-state index >= 15 is 0 Å². The first kappa shape index (κ1) is 14.4. The maximum Gasteiger partial charge on any atom is 0.306 e. The summed E-state index contributed by atoms with van der Waals surface area (Å²) in [7, 11) is 0. The monoisotopic (exact) mass is 250 g/mol. The van der Waals surface area contributed by atoms with Crippen LogP contribution in [0, 0.1) is 5.92 Å². The van der Waals surface area contributed by atoms with Crippen LogP contribution >= 0.6 is 0 Å². The van der Waals surface area contributed by atoms with Crippen molar-refractivity contribution in [3.05, 3.63) is 35.9 Å². The Morgan fingerprint density at radius 1 is 1.28 bits per heavy atom. The van der Waals surface area contributed by atoms with Gasteiger partial charge in [0.1, 0.15) is 6.61 Å². The molecule has 1 N–H and O–H groups in total. The third-order valence-electron chi connectivity index (χ3n) is 2.65. The van der Waals surface area contributed by atoms with Gasteiger partial charge in [0.2, 0.25) is 0 Å². The van der Waals surface area contributed by atoms with Crippen LogP contribution in [0.4, 0.5) is 0 Å². The molecule has 0 amide bonds. The van der Waals surface area contributed by atoms with Crippen molar-refractivity contribution in [3.63, 3.8) is 0 Å². The highest BCUT2D eigenvalue weighted by atomic mass is 16.5. The topological polar surface area (TPSA) is 63.6 Å². The molecule has 1 unspecified atom stereocenters. The number of hydrogen-bond donors (Lipinski definition) is 1. The lowest BCUT2D eigenvalue weighted by Gasteiger charge is -2.13. The molecule has 0 aromatic heterocycles. The molecular weight excluding hydrogens is 232 g/mol. The van der Waals surface area contributed by atoms with Gasteiger partial charge in [-0.15, -0.1) is 0 Å². The SMILES string of the molecule is CCOC(=O)CC(Cc1ccccc1)C(=O)CO. The van der Waals surface area contributed by atoms with Crippen molar-refractivity contribution >= 4 is 11.8 Å². The lowest BCUT2D eigenvalue weighted by molar-refractivity contribution is -0.146. The second-order valence-electron chi connectivity index (χ2n) is 4.02. The molecule has 0 fully saturated rings. The maximum absolute atomic E-state index is 11.6. The van der Waals surface area contributed by atoms with Crippen LogP contribution in [0.3, 0.4) is 0 Å². The maximum atomic E-state index is 11.6. The summed E-state index contributed by atoms with van der Waals surface area (Å²) in [4.78, 5) is 23.0. The fourth-order valence-corrected chi connectivity index (χ4v) is 1.75. The van der Waals surface area contributed by atoms with Crippen molar-refractivity contribution in [2.75, 3.05) is 13.2 Å². The molecule has 0 heterocycles. The van der Waals surface area contributed by atoms with Gasteiger partial charge in [-0.3, -0.25) is 9.59 Å². The van der Waals surface area contributed by atoms with E-state index in [1.807, 2.05) is 30.3 Å². The fourth-order valence-electron chi connectivity index (χ4n) is 1.75. The first-order valence-electron chi connectivity index (χ1n) is 6.00. The zero-order chi connectivity index (χ0) is 13.4. The Morgan fingerprint density at radius 3 is 2.50 bits per heavy atom. The van der Waals surface area contributed by atoms with E-state index in [1.54, 1.807) is 6.92 Å². The van der Waals surface area contributed by atoms with Gasteiger partial charge in [-0.1, -0.05) is 30.3 Å². The van der Waals surface area contributed by atoms with E-state index < -0.39 is 18.5 Å². The quantitative estimate of drug-likeness (QED) is 0.742. The van der Waals surface area contributed by atoms with Gasteiger partial charge >= 0.3 is 5.97 Å². The average molecular weight is 250 g/mol. The molecule has 1 aromatic carbocycles. The van der Waals surface area contributed by atoms with Gasteiger partial charge in [0.15, 0.2) is 5.78 Å². The minimum Gasteiger partial charge on any atom is -0.466 e. The predicted molar refractivity (Wildman–Crippen MR) is 67.0 cm³/mol. The Hall–Kier alpha value is -1.68. The van der Waals surface area contributed by atoms with Crippen LogP contribution in [0.15, 0.2) is 30.3 Å². The summed E-state index contributed by atoms with van der Waals surface area (Å²) in [6.07, 6.45) is 0.459. The number of aliphatic hydroxyl groups excluding tert-OH is 1. The molecule has 1 rings (SSSR count). The molecule has 4 nitrogen and oxygen atoms in total. The summed E-state index contributed by atoms with van der Waals surface area (Å²) in [5, 5.41) is 8.92. The summed E-state index contributed by atoms with van der Waals surface area (Å²) in [6.45, 7) is 1.47. The summed E-state index contributed by atoms with van der Waals surface area (Å²) < 4.78 is 4.83. The molecule has 0 aliphatic rings. The van der Waals surface area contributed by atoms with Crippen molar-refractivity contribution < 1.29 is 19.4 Å². The largest absolute Gasteiger partial charge is 0.466 e. The third kappa shape index (κ3) is 4.67. The van der Waals surface area contributed by atoms with Crippen LogP contribution in [0.5, 0.6) is 0 Å². The molecule has 0 saturated carbocycles. The Bertz CT molecular complexity index is 386. The van der Waals surface area contributed by atoms with Crippen LogP contribution in [-0.2, 0) is 20.7 Å². The standard InChI is InChI=1S/C14H18O4/c1-2-18-14(17)9-12(13(16)10-15)8-11-6-4-3-5-7-11/h3-7,12,15H,2,8-10H2,1H3. The Balaban J connectivity index is 2.67. The van der Waals surface area contributed by atoms with Gasteiger partial charge in [-0.05, 0) is 18.9 Å². The van der Waals surface area contributed by atoms with Crippen molar-refractivity contribution in [1.29, 1.82) is 0 Å². The number of ketones is 1. The highest BCUT2D eigenvalue weighted by Gasteiger charge is 2.22. The summed E-state index contributed by atoms with van der Waals surface area (Å²) in [5.74, 6) is -1.25. The molecule has 0 saturated heterocycles. The van der Waals surface area contributed by atoms with Crippen molar-refractivity contribution in [2.45, 2.75) is 19.8 Å². The average Bonchev–Trinajstić information content (AvgIpc) is 2.38. The van der Waals surface area contributed by atoms with Gasteiger partial charge in [0.05, 0.1) is 13.0 Å². The highest BCUT2D eigenvalue weighted by molar-refractivity contribution is 5.86. The number of carbonyl (C=O) groups is 2. The van der Waals surface area contributed by atoms with E-state index in [0.29, 0.717) is 13.0 Å². The molecular formula is C14H18O4. The molecule has 0 aliphatic carbocycles. The normalized spacial score (nSPS) is 11.9. The van der Waals surface area contributed by atoms with Crippen molar-refractivity contribution in [1.82, 2.24) is 0 Å². The molecule has 0 aliphatic heterocycles. The van der Waals surface area contributed by atoms with Crippen LogP contribution in [-0.4, -0.2) is 30.1 Å². The minimum atomic E-state index is -0.545. The first-order valence-corrected chi connectivity index (χ1v) is 6.00. The fraction of sp³-hybridized carbons (Fsp3) is 0.429. The van der Waals surface area contributed by atoms with E-state index in [1.165, 1.54) is 0 Å². The van der Waals surface area contributed by atoms with Gasteiger partial charge in [-0.25, -0.2) is 0 Å². The van der Waals surface area contributed by atoms with Crippen molar-refractivity contribution in [2.24, 2.45) is 5.92 Å². The molecule has 98 valence electrons. The highest BCUT2D eigenvalue weighted by Crippen LogP contribution is 2.14. The smallest absolute Gasteiger partial charge is 0.306 e. The van der Waals surface area contributed by atoms with E-state index in [0.717, 1.165) is 5.56 Å². The molecule has 1 atom stereocenters. The zero-order valence-corrected chi connectivity index (χ0v) is 10.5. The Kier molecular flexibility index (Phi) is 6.08. The van der Waals surface area contributed by atoms with Gasteiger partial charge < -0.3 is 9.84 Å². The van der Waals surface area contributed by atoms with Crippen LogP contribution < -0.4 is 0 Å². The lowest BCUT2D eigenvalue weighted by Crippen LogP contribution is -2.24. The minimum absolute atomic E-state index is 0.0160. The van der Waals surface area contributed by atoms with Crippen LogP contribution in [0.2, 0.25) is 0 Å². The number of carbonyl (C=O) groups excluding carboxylic acids is 2. The number of hydrogen-bond acceptors (Lipinski definition) is 4. The number of benzene rings is 1. The number of rotatable bonds is 7. The van der Waals surface area contributed by atoms with Crippen LogP contribution in [0.25, 0.3) is 0 Å². The van der Waals surface area contributed by atoms with E-state index in [2.05, 4.69) is 0 Å². The third-order valence-corrected chi connectivity index (χ3v) is 2.65. The molecule has 0 radical (unpaired) electrons. The number of aliphatic hydroxyl groups is 1. The molecule has 0 bridgehead atoms.